The molecule has 0 radical (unpaired) electrons. The van der Waals surface area contributed by atoms with E-state index in [-0.39, 0.29) is 0 Å². The largest absolute Gasteiger partial charge is 0.339 e. The summed E-state index contributed by atoms with van der Waals surface area (Å²) in [6.07, 6.45) is 2.69. The third-order valence-corrected chi connectivity index (χ3v) is 2.19. The molecular weight excluding hydrogens is 164 g/mol. The monoisotopic (exact) mass is 174 g/mol. The van der Waals surface area contributed by atoms with E-state index in [1.165, 1.54) is 0 Å². The van der Waals surface area contributed by atoms with Crippen LogP contribution in [0.3, 0.4) is 0 Å². The molecule has 2 N–H and O–H groups in total. The number of hydrogen-bond donors (Lipinski definition) is 1. The van der Waals surface area contributed by atoms with Crippen molar-refractivity contribution in [2.24, 2.45) is 0 Å². The number of nitrogens with two attached hydrogens (primary N) is 1. The van der Waals surface area contributed by atoms with Crippen molar-refractivity contribution >= 4 is 17.2 Å². The molecule has 2 aromatic rings. The molecule has 13 heavy (non-hydrogen) atoms. The summed E-state index contributed by atoms with van der Waals surface area (Å²) in [5, 5.41) is 1.03. The van der Waals surface area contributed by atoms with Crippen molar-refractivity contribution < 1.29 is 4.79 Å². The number of rotatable bonds is 1. The number of nitrogens with zero attached hydrogens (tertiary/aromatic N) is 1. The summed E-state index contributed by atoms with van der Waals surface area (Å²) in [5.74, 6) is 5.70. The van der Waals surface area contributed by atoms with Crippen molar-refractivity contribution in [1.29, 1.82) is 0 Å². The molecule has 0 fully saturated rings. The maximum atomic E-state index is 10.5. The zero-order valence-electron chi connectivity index (χ0n) is 7.32. The fraction of sp³-hybridized carbons (Fsp3) is 0.100. The molecule has 66 valence electrons. The van der Waals surface area contributed by atoms with Gasteiger partial charge in [0.15, 0.2) is 0 Å². The van der Waals surface area contributed by atoms with E-state index in [0.717, 1.165) is 22.8 Å². The van der Waals surface area contributed by atoms with Gasteiger partial charge in [-0.25, -0.2) is 0 Å². The average Bonchev–Trinajstić information content (AvgIpc) is 2.42. The second-order valence-electron chi connectivity index (χ2n) is 3.11. The van der Waals surface area contributed by atoms with Crippen LogP contribution in [0.1, 0.15) is 15.9 Å². The van der Waals surface area contributed by atoms with Crippen LogP contribution in [-0.2, 0) is 0 Å². The first kappa shape index (κ1) is 7.86. The van der Waals surface area contributed by atoms with Crippen LogP contribution in [0.25, 0.3) is 10.9 Å². The van der Waals surface area contributed by atoms with Crippen molar-refractivity contribution in [3.8, 4) is 0 Å². The number of nitrogen functional groups attached to an aromatic ring is 1. The van der Waals surface area contributed by atoms with Gasteiger partial charge in [0, 0.05) is 17.1 Å². The molecule has 2 rings (SSSR count). The fourth-order valence-electron chi connectivity index (χ4n) is 1.52. The molecule has 0 spiro atoms. The lowest BCUT2D eigenvalue weighted by molar-refractivity contribution is 0.112. The molecule has 0 saturated carbocycles. The Morgan fingerprint density at radius 3 is 2.92 bits per heavy atom. The van der Waals surface area contributed by atoms with E-state index in [2.05, 4.69) is 0 Å². The Hall–Kier alpha value is -1.77. The Kier molecular flexibility index (Phi) is 1.59. The highest BCUT2D eigenvalue weighted by Crippen LogP contribution is 2.19. The quantitative estimate of drug-likeness (QED) is 0.525. The molecule has 3 heteroatoms. The molecule has 1 aromatic carbocycles. The van der Waals surface area contributed by atoms with Crippen molar-refractivity contribution in [3.05, 3.63) is 35.5 Å². The Morgan fingerprint density at radius 2 is 2.23 bits per heavy atom. The van der Waals surface area contributed by atoms with E-state index in [1.807, 2.05) is 25.3 Å². The summed E-state index contributed by atoms with van der Waals surface area (Å²) in [4.78, 5) is 10.5. The van der Waals surface area contributed by atoms with Crippen LogP contribution in [0.5, 0.6) is 0 Å². The number of fused-ring (bicyclic) bond motifs is 1. The van der Waals surface area contributed by atoms with E-state index < -0.39 is 0 Å². The lowest BCUT2D eigenvalue weighted by Crippen LogP contribution is -2.04. The lowest BCUT2D eigenvalue weighted by atomic mass is 10.1. The van der Waals surface area contributed by atoms with Crippen molar-refractivity contribution in [2.45, 2.75) is 6.92 Å². The number of carbonyl (C=O) groups excluding carboxylic acids is 1. The lowest BCUT2D eigenvalue weighted by Gasteiger charge is -1.95. The highest BCUT2D eigenvalue weighted by molar-refractivity contribution is 5.89. The minimum Gasteiger partial charge on any atom is -0.339 e. The van der Waals surface area contributed by atoms with Crippen molar-refractivity contribution in [2.75, 3.05) is 5.84 Å². The minimum atomic E-state index is 0.682. The predicted molar refractivity (Wildman–Crippen MR) is 52.2 cm³/mol. The zero-order valence-corrected chi connectivity index (χ0v) is 7.32. The number of aromatic nitrogens is 1. The van der Waals surface area contributed by atoms with Crippen LogP contribution in [0.15, 0.2) is 24.4 Å². The molecule has 1 heterocycles. The van der Waals surface area contributed by atoms with Gasteiger partial charge in [-0.05, 0) is 30.7 Å². The number of hydrogen-bond acceptors (Lipinski definition) is 2. The summed E-state index contributed by atoms with van der Waals surface area (Å²) in [7, 11) is 0. The van der Waals surface area contributed by atoms with Gasteiger partial charge < -0.3 is 5.84 Å². The molecule has 0 atom stereocenters. The van der Waals surface area contributed by atoms with Crippen LogP contribution in [0.4, 0.5) is 0 Å². The van der Waals surface area contributed by atoms with E-state index in [0.29, 0.717) is 5.56 Å². The molecule has 0 saturated heterocycles. The fourth-order valence-corrected chi connectivity index (χ4v) is 1.52. The topological polar surface area (TPSA) is 48.0 Å². The summed E-state index contributed by atoms with van der Waals surface area (Å²) >= 11 is 0. The molecule has 3 nitrogen and oxygen atoms in total. The average molecular weight is 174 g/mol. The maximum absolute atomic E-state index is 10.5. The van der Waals surface area contributed by atoms with Gasteiger partial charge >= 0.3 is 0 Å². The van der Waals surface area contributed by atoms with Gasteiger partial charge in [-0.1, -0.05) is 0 Å². The van der Waals surface area contributed by atoms with Gasteiger partial charge in [0.05, 0.1) is 5.52 Å². The third kappa shape index (κ3) is 1.09. The van der Waals surface area contributed by atoms with E-state index in [1.54, 1.807) is 10.7 Å². The van der Waals surface area contributed by atoms with Crippen molar-refractivity contribution in [3.63, 3.8) is 0 Å². The summed E-state index contributed by atoms with van der Waals surface area (Å²) in [5.41, 5.74) is 2.71. The third-order valence-electron chi connectivity index (χ3n) is 2.19. The van der Waals surface area contributed by atoms with Gasteiger partial charge in [0.25, 0.3) is 0 Å². The van der Waals surface area contributed by atoms with Gasteiger partial charge in [-0.15, -0.1) is 0 Å². The van der Waals surface area contributed by atoms with Crippen LogP contribution in [0.2, 0.25) is 0 Å². The van der Waals surface area contributed by atoms with E-state index in [9.17, 15) is 4.79 Å². The Labute approximate surface area is 75.7 Å². The van der Waals surface area contributed by atoms with E-state index in [4.69, 9.17) is 5.84 Å². The first-order chi connectivity index (χ1) is 6.22. The second kappa shape index (κ2) is 2.62. The predicted octanol–water partition coefficient (Wildman–Crippen LogP) is 1.48. The molecule has 0 unspecified atom stereocenters. The van der Waals surface area contributed by atoms with Gasteiger partial charge in [0.2, 0.25) is 0 Å². The van der Waals surface area contributed by atoms with Crippen LogP contribution >= 0.6 is 0 Å². The normalized spacial score (nSPS) is 10.5. The van der Waals surface area contributed by atoms with Gasteiger partial charge in [-0.3, -0.25) is 9.47 Å². The summed E-state index contributed by atoms with van der Waals surface area (Å²) in [6.45, 7) is 1.97. The minimum absolute atomic E-state index is 0.682. The Balaban J connectivity index is 2.83. The molecule has 0 aliphatic carbocycles. The number of benzene rings is 1. The standard InChI is InChI=1S/C10H10N2O/c1-7-5-12(11)10-3-2-8(6-13)4-9(7)10/h2-6H,11H2,1H3. The summed E-state index contributed by atoms with van der Waals surface area (Å²) < 4.78 is 1.57. The SMILES string of the molecule is Cc1cn(N)c2ccc(C=O)cc12. The number of aldehydes is 1. The Morgan fingerprint density at radius 1 is 1.46 bits per heavy atom. The Bertz CT molecular complexity index is 471. The molecule has 0 aliphatic rings. The summed E-state index contributed by atoms with van der Waals surface area (Å²) in [6, 6.07) is 5.46. The number of carbonyl (C=O) groups is 1. The molecule has 0 bridgehead atoms. The van der Waals surface area contributed by atoms with E-state index >= 15 is 0 Å². The van der Waals surface area contributed by atoms with Crippen molar-refractivity contribution in [1.82, 2.24) is 4.68 Å². The smallest absolute Gasteiger partial charge is 0.150 e. The van der Waals surface area contributed by atoms with Crippen LogP contribution in [0, 0.1) is 6.92 Å². The molecule has 0 amide bonds. The molecular formula is C10H10N2O. The van der Waals surface area contributed by atoms with Crippen LogP contribution < -0.4 is 5.84 Å². The second-order valence-corrected chi connectivity index (χ2v) is 3.11. The first-order valence-corrected chi connectivity index (χ1v) is 4.04. The van der Waals surface area contributed by atoms with Gasteiger partial charge in [0.1, 0.15) is 6.29 Å². The highest BCUT2D eigenvalue weighted by Gasteiger charge is 2.03. The maximum Gasteiger partial charge on any atom is 0.150 e. The first-order valence-electron chi connectivity index (χ1n) is 4.04. The highest BCUT2D eigenvalue weighted by atomic mass is 16.1. The number of aryl methyl sites for hydroxylation is 1. The van der Waals surface area contributed by atoms with Crippen LogP contribution in [-0.4, -0.2) is 11.0 Å². The molecule has 0 aliphatic heterocycles. The molecule has 1 aromatic heterocycles. The van der Waals surface area contributed by atoms with Gasteiger partial charge in [-0.2, -0.15) is 0 Å². The zero-order chi connectivity index (χ0) is 9.42.